The Morgan fingerprint density at radius 2 is 1.81 bits per heavy atom. The molecule has 1 aromatic heterocycles. The van der Waals surface area contributed by atoms with Gasteiger partial charge in [-0.1, -0.05) is 24.3 Å². The van der Waals surface area contributed by atoms with Gasteiger partial charge in [-0.25, -0.2) is 23.0 Å². The van der Waals surface area contributed by atoms with Crippen LogP contribution in [-0.2, 0) is 38.7 Å². The van der Waals surface area contributed by atoms with Crippen LogP contribution in [0, 0.1) is 5.92 Å². The Morgan fingerprint density at radius 1 is 1.05 bits per heavy atom. The number of ether oxygens (including phenoxy) is 4. The van der Waals surface area contributed by atoms with E-state index in [-0.39, 0.29) is 38.1 Å². The summed E-state index contributed by atoms with van der Waals surface area (Å²) in [5.74, 6) is -2.59. The van der Waals surface area contributed by atoms with Crippen LogP contribution < -0.4 is 24.8 Å². The Bertz CT molecular complexity index is 2110. The lowest BCUT2D eigenvalue weighted by Crippen LogP contribution is -2.58. The molecular weight excluding hydrogens is 759 g/mol. The number of nitrogens with one attached hydrogen (secondary N) is 3. The number of aromatic nitrogens is 1. The Morgan fingerprint density at radius 3 is 2.51 bits per heavy atom. The van der Waals surface area contributed by atoms with Crippen molar-refractivity contribution in [3.05, 3.63) is 66.9 Å². The number of fused-ring (bicyclic) bond motifs is 3. The first-order chi connectivity index (χ1) is 27.0. The summed E-state index contributed by atoms with van der Waals surface area (Å²) in [6.45, 7) is 6.57. The molecule has 0 bridgehead atoms. The maximum Gasteiger partial charge on any atom is 0.408 e. The first-order valence-electron chi connectivity index (χ1n) is 19.0. The molecule has 0 radical (unpaired) electrons. The topological polar surface area (TPSA) is 209 Å². The third-order valence-electron chi connectivity index (χ3n) is 10.1. The number of hydrogen-bond donors (Lipinski definition) is 3. The zero-order valence-corrected chi connectivity index (χ0v) is 33.4. The van der Waals surface area contributed by atoms with E-state index in [1.54, 1.807) is 83.5 Å². The molecule has 6 rings (SSSR count). The van der Waals surface area contributed by atoms with Crippen LogP contribution in [0.3, 0.4) is 0 Å². The normalized spacial score (nSPS) is 27.8. The van der Waals surface area contributed by atoms with E-state index in [1.165, 1.54) is 17.1 Å². The highest BCUT2D eigenvalue weighted by atomic mass is 32.2. The molecule has 16 nitrogen and oxygen atoms in total. The van der Waals surface area contributed by atoms with Crippen LogP contribution in [0.2, 0.25) is 0 Å². The first kappa shape index (κ1) is 41.2. The third kappa shape index (κ3) is 9.93. The van der Waals surface area contributed by atoms with Crippen LogP contribution in [0.5, 0.6) is 11.6 Å². The number of rotatable bonds is 9. The molecule has 2 aliphatic carbocycles. The van der Waals surface area contributed by atoms with Crippen LogP contribution in [0.15, 0.2) is 66.9 Å². The molecule has 1 unspecified atom stereocenters. The Labute approximate surface area is 331 Å². The van der Waals surface area contributed by atoms with Gasteiger partial charge in [-0.2, -0.15) is 0 Å². The Kier molecular flexibility index (Phi) is 12.0. The van der Waals surface area contributed by atoms with Crippen LogP contribution >= 0.6 is 0 Å². The van der Waals surface area contributed by atoms with E-state index in [2.05, 4.69) is 20.3 Å². The highest BCUT2D eigenvalue weighted by Crippen LogP contribution is 2.46. The first-order valence-corrected chi connectivity index (χ1v) is 20.5. The minimum absolute atomic E-state index is 0.0308. The highest BCUT2D eigenvalue weighted by molar-refractivity contribution is 7.91. The van der Waals surface area contributed by atoms with Crippen LogP contribution in [0.4, 0.5) is 4.79 Å². The number of hydrogen-bond acceptors (Lipinski definition) is 12. The van der Waals surface area contributed by atoms with E-state index in [4.69, 9.17) is 18.9 Å². The molecule has 2 aromatic rings. The molecule has 2 aliphatic heterocycles. The van der Waals surface area contributed by atoms with Crippen molar-refractivity contribution in [2.75, 3.05) is 13.7 Å². The van der Waals surface area contributed by atoms with Crippen molar-refractivity contribution >= 4 is 50.6 Å². The summed E-state index contributed by atoms with van der Waals surface area (Å²) in [5.41, 5.74) is -2.54. The number of amides is 4. The van der Waals surface area contributed by atoms with E-state index < -0.39 is 86.4 Å². The summed E-state index contributed by atoms with van der Waals surface area (Å²) >= 11 is 0. The second-order valence-corrected chi connectivity index (χ2v) is 17.6. The maximum absolute atomic E-state index is 14.7. The number of sulfonamides is 1. The second kappa shape index (κ2) is 16.6. The minimum Gasteiger partial charge on any atom is -0.497 e. The molecule has 4 aliphatic rings. The number of allylic oxidation sites excluding steroid dienone is 3. The molecule has 3 fully saturated rings. The van der Waals surface area contributed by atoms with Gasteiger partial charge in [-0.15, -0.1) is 0 Å². The molecule has 6 atom stereocenters. The largest absolute Gasteiger partial charge is 0.497 e. The zero-order chi connectivity index (χ0) is 41.1. The van der Waals surface area contributed by atoms with Crippen molar-refractivity contribution in [3.63, 3.8) is 0 Å². The molecule has 0 spiro atoms. The summed E-state index contributed by atoms with van der Waals surface area (Å²) < 4.78 is 50.9. The van der Waals surface area contributed by atoms with E-state index in [0.717, 1.165) is 5.39 Å². The SMILES string of the molecule is C/C=C/C(=O)OC1/C=C/C=C\[C@@H]2C[C@@]2(C(=O)NS(=O)(=O)C2CC2)NC(=O)[C@@H]2C[C@@H](Oc3nccc4cc(OC)ccc34)CN2C(=O)[C@@H](NC(=O)OC(C)(C)C)CC1. The van der Waals surface area contributed by atoms with Crippen molar-refractivity contribution in [1.82, 2.24) is 25.2 Å². The van der Waals surface area contributed by atoms with Gasteiger partial charge in [0.1, 0.15) is 41.2 Å². The fourth-order valence-electron chi connectivity index (χ4n) is 6.99. The van der Waals surface area contributed by atoms with Crippen LogP contribution in [-0.4, -0.2) is 102 Å². The van der Waals surface area contributed by atoms with Crippen molar-refractivity contribution < 1.29 is 51.3 Å². The fourth-order valence-corrected chi connectivity index (χ4v) is 8.36. The van der Waals surface area contributed by atoms with Gasteiger partial charge in [0.2, 0.25) is 27.7 Å². The van der Waals surface area contributed by atoms with Gasteiger partial charge in [0.05, 0.1) is 18.9 Å². The molecule has 4 amide bonds. The molecule has 3 heterocycles. The lowest BCUT2D eigenvalue weighted by atomic mass is 10.0. The molecule has 1 aromatic carbocycles. The number of carbonyl (C=O) groups excluding carboxylic acids is 5. The van der Waals surface area contributed by atoms with E-state index >= 15 is 0 Å². The Balaban J connectivity index is 1.36. The summed E-state index contributed by atoms with van der Waals surface area (Å²) in [5, 5.41) is 6.23. The molecule has 306 valence electrons. The zero-order valence-electron chi connectivity index (χ0n) is 32.6. The average Bonchev–Trinajstić information content (AvgIpc) is 4.07. The smallest absolute Gasteiger partial charge is 0.408 e. The van der Waals surface area contributed by atoms with Crippen molar-refractivity contribution in [3.8, 4) is 11.6 Å². The molecule has 3 N–H and O–H groups in total. The lowest BCUT2D eigenvalue weighted by molar-refractivity contribution is -0.142. The second-order valence-electron chi connectivity index (χ2n) is 15.7. The van der Waals surface area contributed by atoms with Gasteiger partial charge in [-0.05, 0) is 95.5 Å². The van der Waals surface area contributed by atoms with Crippen molar-refractivity contribution in [2.45, 2.75) is 107 Å². The monoisotopic (exact) mass is 807 g/mol. The van der Waals surface area contributed by atoms with Gasteiger partial charge in [0, 0.05) is 30.0 Å². The van der Waals surface area contributed by atoms with E-state index in [0.29, 0.717) is 24.0 Å². The molecular formula is C40H49N5O11S. The third-order valence-corrected chi connectivity index (χ3v) is 11.9. The van der Waals surface area contributed by atoms with Crippen molar-refractivity contribution in [2.24, 2.45) is 5.92 Å². The van der Waals surface area contributed by atoms with Gasteiger partial charge < -0.3 is 34.5 Å². The summed E-state index contributed by atoms with van der Waals surface area (Å²) in [4.78, 5) is 74.3. The maximum atomic E-state index is 14.7. The van der Waals surface area contributed by atoms with Crippen molar-refractivity contribution in [1.29, 1.82) is 0 Å². The lowest BCUT2D eigenvalue weighted by Gasteiger charge is -2.30. The molecule has 2 saturated carbocycles. The van der Waals surface area contributed by atoms with Gasteiger partial charge in [-0.3, -0.25) is 19.1 Å². The number of carbonyl (C=O) groups is 5. The standard InChI is InChI=1S/C40H49N5O11S/c1-6-9-33(46)54-26-11-8-7-10-25-22-40(25,37(49)44-57(51,52)29-14-15-29)43-34(47)32-21-28(55-35-30-16-12-27(53-5)20-24(30)18-19-41-35)23-45(32)36(48)31(17-13-26)42-38(50)56-39(2,3)4/h6-12,16,18-20,25-26,28-29,31-32H,13-15,17,21-23H2,1-5H3,(H,42,50)(H,43,47)(H,44,49)/b9-6+,10-7-,11-8+/t25-,26?,28-,31+,32+,40-/m1/s1. The fraction of sp³-hybridized carbons (Fsp3) is 0.500. The van der Waals surface area contributed by atoms with Crippen LogP contribution in [0.1, 0.15) is 66.2 Å². The highest BCUT2D eigenvalue weighted by Gasteiger charge is 2.62. The molecule has 17 heteroatoms. The Hall–Kier alpha value is -5.45. The molecule has 1 saturated heterocycles. The van der Waals surface area contributed by atoms with Crippen LogP contribution in [0.25, 0.3) is 10.8 Å². The van der Waals surface area contributed by atoms with Gasteiger partial charge >= 0.3 is 12.1 Å². The quantitative estimate of drug-likeness (QED) is 0.246. The number of esters is 1. The predicted octanol–water partition coefficient (Wildman–Crippen LogP) is 3.36. The van der Waals surface area contributed by atoms with E-state index in [1.807, 2.05) is 6.07 Å². The molecule has 57 heavy (non-hydrogen) atoms. The number of methoxy groups -OCH3 is 1. The summed E-state index contributed by atoms with van der Waals surface area (Å²) in [6.07, 6.45) is 9.28. The predicted molar refractivity (Wildman–Crippen MR) is 207 cm³/mol. The summed E-state index contributed by atoms with van der Waals surface area (Å²) in [6, 6.07) is 4.67. The van der Waals surface area contributed by atoms with Gasteiger partial charge in [0.15, 0.2) is 0 Å². The number of alkyl carbamates (subject to hydrolysis) is 1. The average molecular weight is 808 g/mol. The van der Waals surface area contributed by atoms with Gasteiger partial charge in [0.25, 0.3) is 5.91 Å². The number of pyridine rings is 1. The number of nitrogens with zero attached hydrogens (tertiary/aromatic N) is 2. The minimum atomic E-state index is -3.97. The number of benzene rings is 1. The summed E-state index contributed by atoms with van der Waals surface area (Å²) in [7, 11) is -2.42. The van der Waals surface area contributed by atoms with E-state index in [9.17, 15) is 32.4 Å².